The number of imide groups is 1. The van der Waals surface area contributed by atoms with Gasteiger partial charge >= 0.3 is 11.0 Å². The van der Waals surface area contributed by atoms with Gasteiger partial charge in [0.15, 0.2) is 0 Å². The highest BCUT2D eigenvalue weighted by molar-refractivity contribution is 9.10. The minimum Gasteiger partial charge on any atom is -0.324 e. The molecule has 0 saturated carbocycles. The first-order valence-corrected chi connectivity index (χ1v) is 16.5. The molecule has 1 aromatic heterocycles. The minimum atomic E-state index is -4.81. The lowest BCUT2D eigenvalue weighted by Gasteiger charge is -2.30. The molecule has 5 aromatic rings. The summed E-state index contributed by atoms with van der Waals surface area (Å²) in [6, 6.07) is 24.5. The molecule has 0 radical (unpaired) electrons. The van der Waals surface area contributed by atoms with Gasteiger partial charge in [-0.3, -0.25) is 23.7 Å². The van der Waals surface area contributed by atoms with Gasteiger partial charge in [-0.25, -0.2) is 4.90 Å². The van der Waals surface area contributed by atoms with E-state index < -0.39 is 57.1 Å². The maximum Gasteiger partial charge on any atom is 0.418 e. The fourth-order valence-corrected chi connectivity index (χ4v) is 9.32. The highest BCUT2D eigenvalue weighted by Gasteiger charge is 2.57. The van der Waals surface area contributed by atoms with Crippen molar-refractivity contribution >= 4 is 78.9 Å². The Morgan fingerprint density at radius 3 is 2.39 bits per heavy atom. The Hall–Kier alpha value is -4.20. The summed E-state index contributed by atoms with van der Waals surface area (Å²) in [6.45, 7) is -0.369. The van der Waals surface area contributed by atoms with Crippen LogP contribution in [0.3, 0.4) is 0 Å². The van der Waals surface area contributed by atoms with Crippen molar-refractivity contribution in [2.75, 3.05) is 10.2 Å². The van der Waals surface area contributed by atoms with Crippen LogP contribution in [0.2, 0.25) is 0 Å². The van der Waals surface area contributed by atoms with Gasteiger partial charge in [-0.05, 0) is 41.3 Å². The second kappa shape index (κ2) is 11.6. The Morgan fingerprint density at radius 1 is 0.891 bits per heavy atom. The predicted octanol–water partition coefficient (Wildman–Crippen LogP) is 7.28. The van der Waals surface area contributed by atoms with Gasteiger partial charge in [-0.15, -0.1) is 0 Å². The molecule has 0 bridgehead atoms. The number of thiazole rings is 1. The molecule has 232 valence electrons. The maximum absolute atomic E-state index is 14.1. The number of benzene rings is 4. The van der Waals surface area contributed by atoms with Crippen LogP contribution in [-0.4, -0.2) is 27.5 Å². The lowest BCUT2D eigenvalue weighted by molar-refractivity contribution is -0.137. The number of thioether (sulfide) groups is 1. The Bertz CT molecular complexity index is 2120. The SMILES string of the molecule is O=C(Cn1c2c(sc1=O)[C@@H](c1cccc(Br)c1)[C@@H]1C(=O)N(c3ccccc3C(F)(F)F)C(=O)[C@@H]1S2)Nc1cccc2ccccc12. The second-order valence-electron chi connectivity index (χ2n) is 10.8. The van der Waals surface area contributed by atoms with Gasteiger partial charge in [-0.1, -0.05) is 99.7 Å². The number of fused-ring (bicyclic) bond motifs is 3. The van der Waals surface area contributed by atoms with Crippen LogP contribution in [0.15, 0.2) is 105 Å². The molecule has 4 aromatic carbocycles. The zero-order valence-corrected chi connectivity index (χ0v) is 26.7. The lowest BCUT2D eigenvalue weighted by Crippen LogP contribution is -2.33. The van der Waals surface area contributed by atoms with Crippen molar-refractivity contribution in [2.24, 2.45) is 5.92 Å². The van der Waals surface area contributed by atoms with E-state index in [4.69, 9.17) is 0 Å². The first kappa shape index (κ1) is 30.5. The van der Waals surface area contributed by atoms with Crippen LogP contribution in [0.5, 0.6) is 0 Å². The van der Waals surface area contributed by atoms with Crippen LogP contribution in [0.4, 0.5) is 24.5 Å². The standard InChI is InChI=1S/C33H21BrF3N3O4S2/c34-19-10-5-9-18(15-19)25-26-27(30(43)40(29(26)42)23-14-4-3-12-21(23)33(35,36)37)45-31-28(25)46-32(44)39(31)16-24(41)38-22-13-6-8-17-7-1-2-11-20(17)22/h1-15,25-27H,16H2,(H,38,41)/t25-,26-,27+/m0/s1. The number of halogens is 4. The number of para-hydroxylation sites is 1. The Labute approximate surface area is 276 Å². The quantitative estimate of drug-likeness (QED) is 0.193. The number of amides is 3. The monoisotopic (exact) mass is 723 g/mol. The van der Waals surface area contributed by atoms with Crippen molar-refractivity contribution in [2.45, 2.75) is 28.9 Å². The van der Waals surface area contributed by atoms with Crippen molar-refractivity contribution in [1.29, 1.82) is 0 Å². The summed E-state index contributed by atoms with van der Waals surface area (Å²) < 4.78 is 44.0. The number of nitrogens with one attached hydrogen (secondary N) is 1. The smallest absolute Gasteiger partial charge is 0.324 e. The third kappa shape index (κ3) is 5.16. The van der Waals surface area contributed by atoms with Crippen molar-refractivity contribution in [1.82, 2.24) is 4.57 Å². The first-order chi connectivity index (χ1) is 22.0. The number of carbonyl (C=O) groups is 3. The molecule has 0 aliphatic carbocycles. The molecule has 2 aliphatic rings. The molecule has 13 heteroatoms. The number of anilines is 2. The third-order valence-electron chi connectivity index (χ3n) is 8.07. The molecule has 3 amide bonds. The summed E-state index contributed by atoms with van der Waals surface area (Å²) in [4.78, 5) is 55.4. The van der Waals surface area contributed by atoms with E-state index in [2.05, 4.69) is 21.2 Å². The van der Waals surface area contributed by atoms with E-state index in [-0.39, 0.29) is 6.54 Å². The van der Waals surface area contributed by atoms with Crippen LogP contribution in [-0.2, 0) is 27.1 Å². The Kier molecular flexibility index (Phi) is 7.65. The number of nitrogens with zero attached hydrogens (tertiary/aromatic N) is 2. The number of hydrogen-bond donors (Lipinski definition) is 1. The molecule has 0 unspecified atom stereocenters. The van der Waals surface area contributed by atoms with E-state index >= 15 is 0 Å². The summed E-state index contributed by atoms with van der Waals surface area (Å²) >= 11 is 5.24. The normalized spacial score (nSPS) is 19.3. The van der Waals surface area contributed by atoms with E-state index in [1.807, 2.05) is 30.3 Å². The van der Waals surface area contributed by atoms with Crippen LogP contribution in [0, 0.1) is 5.92 Å². The van der Waals surface area contributed by atoms with E-state index in [9.17, 15) is 32.3 Å². The minimum absolute atomic E-state index is 0.335. The molecular formula is C33H21BrF3N3O4S2. The molecule has 3 heterocycles. The molecule has 1 saturated heterocycles. The van der Waals surface area contributed by atoms with Crippen LogP contribution in [0.1, 0.15) is 21.9 Å². The molecule has 7 nitrogen and oxygen atoms in total. The summed E-state index contributed by atoms with van der Waals surface area (Å²) in [5.74, 6) is -3.98. The largest absolute Gasteiger partial charge is 0.418 e. The number of aromatic nitrogens is 1. The molecule has 7 rings (SSSR count). The first-order valence-electron chi connectivity index (χ1n) is 14.0. The summed E-state index contributed by atoms with van der Waals surface area (Å²) in [5.41, 5.74) is -0.471. The van der Waals surface area contributed by atoms with Crippen LogP contribution >= 0.6 is 39.0 Å². The zero-order valence-electron chi connectivity index (χ0n) is 23.5. The van der Waals surface area contributed by atoms with Crippen molar-refractivity contribution in [3.05, 3.63) is 121 Å². The topological polar surface area (TPSA) is 88.5 Å². The molecule has 1 fully saturated rings. The van der Waals surface area contributed by atoms with Gasteiger partial charge in [-0.2, -0.15) is 13.2 Å². The van der Waals surface area contributed by atoms with Crippen LogP contribution in [0.25, 0.3) is 10.8 Å². The highest BCUT2D eigenvalue weighted by atomic mass is 79.9. The molecule has 46 heavy (non-hydrogen) atoms. The van der Waals surface area contributed by atoms with E-state index in [0.29, 0.717) is 30.5 Å². The van der Waals surface area contributed by atoms with Gasteiger partial charge in [0.25, 0.3) is 0 Å². The summed E-state index contributed by atoms with van der Waals surface area (Å²) in [7, 11) is 0. The summed E-state index contributed by atoms with van der Waals surface area (Å²) in [5, 5.41) is 3.82. The average molecular weight is 725 g/mol. The molecular weight excluding hydrogens is 703 g/mol. The molecule has 2 aliphatic heterocycles. The van der Waals surface area contributed by atoms with Gasteiger partial charge in [0.1, 0.15) is 11.8 Å². The number of hydrogen-bond acceptors (Lipinski definition) is 6. The molecule has 3 atom stereocenters. The Balaban J connectivity index is 1.30. The van der Waals surface area contributed by atoms with Crippen LogP contribution < -0.4 is 15.1 Å². The number of carbonyl (C=O) groups excluding carboxylic acids is 3. The zero-order chi connectivity index (χ0) is 32.3. The van der Waals surface area contributed by atoms with Crippen molar-refractivity contribution in [3.8, 4) is 0 Å². The number of rotatable bonds is 5. The van der Waals surface area contributed by atoms with E-state index in [1.165, 1.54) is 16.7 Å². The highest BCUT2D eigenvalue weighted by Crippen LogP contribution is 2.54. The van der Waals surface area contributed by atoms with Gasteiger partial charge < -0.3 is 5.32 Å². The average Bonchev–Trinajstić information content (AvgIpc) is 3.46. The lowest BCUT2D eigenvalue weighted by atomic mass is 9.83. The summed E-state index contributed by atoms with van der Waals surface area (Å²) in [6.07, 6.45) is -4.81. The van der Waals surface area contributed by atoms with E-state index in [0.717, 1.165) is 46.0 Å². The second-order valence-corrected chi connectivity index (χ2v) is 13.9. The fraction of sp³-hybridized carbons (Fsp3) is 0.152. The maximum atomic E-state index is 14.1. The third-order valence-corrected chi connectivity index (χ3v) is 11.2. The molecule has 1 N–H and O–H groups in total. The van der Waals surface area contributed by atoms with Gasteiger partial charge in [0.05, 0.1) is 22.2 Å². The van der Waals surface area contributed by atoms with E-state index in [1.54, 1.807) is 36.4 Å². The fourth-order valence-electron chi connectivity index (χ4n) is 6.13. The molecule has 0 spiro atoms. The van der Waals surface area contributed by atoms with Crippen molar-refractivity contribution < 1.29 is 27.6 Å². The van der Waals surface area contributed by atoms with Gasteiger partial charge in [0.2, 0.25) is 17.7 Å². The van der Waals surface area contributed by atoms with Crippen molar-refractivity contribution in [3.63, 3.8) is 0 Å². The predicted molar refractivity (Wildman–Crippen MR) is 174 cm³/mol. The number of alkyl halides is 3. The Morgan fingerprint density at radius 2 is 1.61 bits per heavy atom. The van der Waals surface area contributed by atoms with Gasteiger partial charge in [0, 0.05) is 26.3 Å².